The summed E-state index contributed by atoms with van der Waals surface area (Å²) in [6.07, 6.45) is 2.15. The number of rotatable bonds is 5. The molecule has 1 heterocycles. The molecule has 0 aliphatic heterocycles. The zero-order chi connectivity index (χ0) is 12.0. The summed E-state index contributed by atoms with van der Waals surface area (Å²) < 4.78 is 0.943. The molecule has 0 spiro atoms. The Bertz CT molecular complexity index is 368. The van der Waals surface area contributed by atoms with Crippen molar-refractivity contribution in [2.24, 2.45) is 0 Å². The molecule has 0 fully saturated rings. The van der Waals surface area contributed by atoms with Crippen molar-refractivity contribution in [3.8, 4) is 0 Å². The lowest BCUT2D eigenvalue weighted by molar-refractivity contribution is -0.116. The smallest absolute Gasteiger partial charge is 0.226 e. The summed E-state index contributed by atoms with van der Waals surface area (Å²) in [5, 5.41) is 5.85. The number of hydrogen-bond donors (Lipinski definition) is 2. The lowest BCUT2D eigenvalue weighted by Crippen LogP contribution is -2.21. The first-order valence-corrected chi connectivity index (χ1v) is 6.05. The van der Waals surface area contributed by atoms with Crippen LogP contribution in [-0.2, 0) is 4.79 Å². The Hall–Kier alpha value is -0.940. The molecule has 0 aliphatic rings. The van der Waals surface area contributed by atoms with Crippen LogP contribution in [0.15, 0.2) is 16.7 Å². The second kappa shape index (κ2) is 6.60. The summed E-state index contributed by atoms with van der Waals surface area (Å²) in [4.78, 5) is 15.6. The molecule has 4 nitrogen and oxygen atoms in total. The standard InChI is InChI=1S/C11H16BrN3O/c1-3-13-5-4-11(16)15-10-6-8(2)9(12)7-14-10/h6-7,13H,3-5H2,1-2H3,(H,14,15,16). The molecule has 1 aromatic rings. The summed E-state index contributed by atoms with van der Waals surface area (Å²) >= 11 is 3.36. The minimum Gasteiger partial charge on any atom is -0.316 e. The Balaban J connectivity index is 2.46. The van der Waals surface area contributed by atoms with Gasteiger partial charge in [-0.05, 0) is 41.0 Å². The summed E-state index contributed by atoms with van der Waals surface area (Å²) in [5.41, 5.74) is 1.05. The van der Waals surface area contributed by atoms with Gasteiger partial charge in [-0.3, -0.25) is 4.79 Å². The van der Waals surface area contributed by atoms with E-state index in [1.807, 2.05) is 19.9 Å². The van der Waals surface area contributed by atoms with Crippen molar-refractivity contribution in [1.82, 2.24) is 10.3 Å². The van der Waals surface area contributed by atoms with E-state index in [4.69, 9.17) is 0 Å². The van der Waals surface area contributed by atoms with Gasteiger partial charge in [-0.25, -0.2) is 4.98 Å². The highest BCUT2D eigenvalue weighted by Crippen LogP contribution is 2.17. The zero-order valence-corrected chi connectivity index (χ0v) is 11.1. The van der Waals surface area contributed by atoms with Gasteiger partial charge in [0.25, 0.3) is 0 Å². The number of aromatic nitrogens is 1. The number of aryl methyl sites for hydroxylation is 1. The van der Waals surface area contributed by atoms with Crippen LogP contribution in [0.25, 0.3) is 0 Å². The lowest BCUT2D eigenvalue weighted by atomic mass is 10.3. The summed E-state index contributed by atoms with van der Waals surface area (Å²) in [7, 11) is 0. The van der Waals surface area contributed by atoms with E-state index in [0.717, 1.165) is 16.6 Å². The van der Waals surface area contributed by atoms with Crippen molar-refractivity contribution in [2.45, 2.75) is 20.3 Å². The van der Waals surface area contributed by atoms with E-state index in [2.05, 4.69) is 31.5 Å². The average Bonchev–Trinajstić information content (AvgIpc) is 2.24. The molecule has 0 saturated heterocycles. The molecule has 16 heavy (non-hydrogen) atoms. The predicted octanol–water partition coefficient (Wildman–Crippen LogP) is 2.09. The van der Waals surface area contributed by atoms with Crippen LogP contribution in [0.4, 0.5) is 5.82 Å². The number of carbonyl (C=O) groups is 1. The molecule has 5 heteroatoms. The van der Waals surface area contributed by atoms with E-state index >= 15 is 0 Å². The molecular formula is C11H16BrN3O. The normalized spacial score (nSPS) is 10.2. The first kappa shape index (κ1) is 13.1. The maximum Gasteiger partial charge on any atom is 0.226 e. The van der Waals surface area contributed by atoms with Gasteiger partial charge in [0.2, 0.25) is 5.91 Å². The molecule has 0 radical (unpaired) electrons. The minimum absolute atomic E-state index is 0.0184. The highest BCUT2D eigenvalue weighted by Gasteiger charge is 2.04. The largest absolute Gasteiger partial charge is 0.316 e. The van der Waals surface area contributed by atoms with Gasteiger partial charge in [0.15, 0.2) is 0 Å². The maximum absolute atomic E-state index is 11.5. The van der Waals surface area contributed by atoms with Gasteiger partial charge in [-0.15, -0.1) is 0 Å². The first-order chi connectivity index (χ1) is 7.63. The Labute approximate surface area is 104 Å². The quantitative estimate of drug-likeness (QED) is 0.815. The van der Waals surface area contributed by atoms with E-state index in [1.165, 1.54) is 0 Å². The fourth-order valence-electron chi connectivity index (χ4n) is 1.19. The van der Waals surface area contributed by atoms with Crippen LogP contribution in [0.3, 0.4) is 0 Å². The second-order valence-corrected chi connectivity index (χ2v) is 4.32. The molecule has 1 rings (SSSR count). The van der Waals surface area contributed by atoms with Crippen molar-refractivity contribution in [3.63, 3.8) is 0 Å². The molecule has 0 saturated carbocycles. The fourth-order valence-corrected chi connectivity index (χ4v) is 1.41. The van der Waals surface area contributed by atoms with E-state index < -0.39 is 0 Å². The third-order valence-corrected chi connectivity index (χ3v) is 2.92. The molecule has 0 atom stereocenters. The minimum atomic E-state index is -0.0184. The predicted molar refractivity (Wildman–Crippen MR) is 68.5 cm³/mol. The number of hydrogen-bond acceptors (Lipinski definition) is 3. The first-order valence-electron chi connectivity index (χ1n) is 5.26. The Kier molecular flexibility index (Phi) is 5.42. The van der Waals surface area contributed by atoms with Gasteiger partial charge in [0, 0.05) is 23.6 Å². The van der Waals surface area contributed by atoms with Crippen molar-refractivity contribution >= 4 is 27.7 Å². The Morgan fingerprint density at radius 1 is 1.56 bits per heavy atom. The molecule has 88 valence electrons. The van der Waals surface area contributed by atoms with Crippen LogP contribution in [-0.4, -0.2) is 24.0 Å². The molecule has 0 aliphatic carbocycles. The number of pyridine rings is 1. The van der Waals surface area contributed by atoms with Crippen molar-refractivity contribution in [3.05, 3.63) is 22.3 Å². The SMILES string of the molecule is CCNCCC(=O)Nc1cc(C)c(Br)cn1. The van der Waals surface area contributed by atoms with Gasteiger partial charge >= 0.3 is 0 Å². The number of amides is 1. The number of nitrogens with one attached hydrogen (secondary N) is 2. The second-order valence-electron chi connectivity index (χ2n) is 3.47. The van der Waals surface area contributed by atoms with Crippen molar-refractivity contribution in [2.75, 3.05) is 18.4 Å². The Morgan fingerprint density at radius 2 is 2.31 bits per heavy atom. The van der Waals surface area contributed by atoms with Gasteiger partial charge < -0.3 is 10.6 Å². The monoisotopic (exact) mass is 285 g/mol. The van der Waals surface area contributed by atoms with E-state index in [-0.39, 0.29) is 5.91 Å². The molecule has 2 N–H and O–H groups in total. The third kappa shape index (κ3) is 4.28. The molecular weight excluding hydrogens is 270 g/mol. The van der Waals surface area contributed by atoms with Gasteiger partial charge in [0.1, 0.15) is 5.82 Å². The maximum atomic E-state index is 11.5. The topological polar surface area (TPSA) is 54.0 Å². The highest BCUT2D eigenvalue weighted by molar-refractivity contribution is 9.10. The summed E-state index contributed by atoms with van der Waals surface area (Å²) in [5.74, 6) is 0.581. The van der Waals surface area contributed by atoms with Gasteiger partial charge in [-0.1, -0.05) is 6.92 Å². The van der Waals surface area contributed by atoms with Gasteiger partial charge in [-0.2, -0.15) is 0 Å². The number of carbonyl (C=O) groups excluding carboxylic acids is 1. The molecule has 1 aromatic heterocycles. The van der Waals surface area contributed by atoms with Crippen molar-refractivity contribution < 1.29 is 4.79 Å². The molecule has 1 amide bonds. The van der Waals surface area contributed by atoms with Crippen molar-refractivity contribution in [1.29, 1.82) is 0 Å². The van der Waals surface area contributed by atoms with Crippen LogP contribution in [0, 0.1) is 6.92 Å². The molecule has 0 unspecified atom stereocenters. The van der Waals surface area contributed by atoms with Crippen LogP contribution >= 0.6 is 15.9 Å². The van der Waals surface area contributed by atoms with E-state index in [9.17, 15) is 4.79 Å². The van der Waals surface area contributed by atoms with E-state index in [0.29, 0.717) is 18.8 Å². The van der Waals surface area contributed by atoms with Crippen LogP contribution in [0.1, 0.15) is 18.9 Å². The lowest BCUT2D eigenvalue weighted by Gasteiger charge is -2.06. The fraction of sp³-hybridized carbons (Fsp3) is 0.455. The molecule has 0 bridgehead atoms. The summed E-state index contributed by atoms with van der Waals surface area (Å²) in [6, 6.07) is 1.84. The van der Waals surface area contributed by atoms with Crippen LogP contribution < -0.4 is 10.6 Å². The van der Waals surface area contributed by atoms with Crippen LogP contribution in [0.2, 0.25) is 0 Å². The average molecular weight is 286 g/mol. The summed E-state index contributed by atoms with van der Waals surface area (Å²) in [6.45, 7) is 5.54. The number of anilines is 1. The van der Waals surface area contributed by atoms with E-state index in [1.54, 1.807) is 6.20 Å². The number of halogens is 1. The highest BCUT2D eigenvalue weighted by atomic mass is 79.9. The van der Waals surface area contributed by atoms with Gasteiger partial charge in [0.05, 0.1) is 0 Å². The zero-order valence-electron chi connectivity index (χ0n) is 9.51. The number of nitrogens with zero attached hydrogens (tertiary/aromatic N) is 1. The molecule has 0 aromatic carbocycles. The Morgan fingerprint density at radius 3 is 2.94 bits per heavy atom. The van der Waals surface area contributed by atoms with Crippen LogP contribution in [0.5, 0.6) is 0 Å². The third-order valence-electron chi connectivity index (χ3n) is 2.09.